The van der Waals surface area contributed by atoms with Crippen LogP contribution in [0.25, 0.3) is 0 Å². The molecule has 2 unspecified atom stereocenters. The number of ether oxygens (including phenoxy) is 2. The maximum absolute atomic E-state index is 14.1. The van der Waals surface area contributed by atoms with Gasteiger partial charge in [-0.15, -0.1) is 0 Å². The fraction of sp³-hybridized carbons (Fsp3) is 0.364. The van der Waals surface area contributed by atoms with Crippen LogP contribution in [0.1, 0.15) is 29.6 Å². The zero-order chi connectivity index (χ0) is 20.4. The number of para-hydroxylation sites is 1. The first-order chi connectivity index (χ1) is 14.0. The quantitative estimate of drug-likeness (QED) is 0.813. The average Bonchev–Trinajstić information content (AvgIpc) is 3.44. The van der Waals surface area contributed by atoms with E-state index in [9.17, 15) is 14.0 Å². The van der Waals surface area contributed by atoms with Crippen LogP contribution in [0.4, 0.5) is 4.39 Å². The highest BCUT2D eigenvalue weighted by Crippen LogP contribution is 2.28. The van der Waals surface area contributed by atoms with E-state index in [0.29, 0.717) is 12.2 Å². The van der Waals surface area contributed by atoms with Gasteiger partial charge >= 0.3 is 0 Å². The van der Waals surface area contributed by atoms with E-state index in [2.05, 4.69) is 5.32 Å². The van der Waals surface area contributed by atoms with Gasteiger partial charge in [-0.2, -0.15) is 0 Å². The molecule has 1 aliphatic carbocycles. The van der Waals surface area contributed by atoms with Crippen LogP contribution in [0.3, 0.4) is 0 Å². The van der Waals surface area contributed by atoms with Gasteiger partial charge in [0.1, 0.15) is 17.9 Å². The lowest BCUT2D eigenvalue weighted by molar-refractivity contribution is -0.125. The van der Waals surface area contributed by atoms with Crippen molar-refractivity contribution in [3.05, 3.63) is 59.9 Å². The molecule has 152 valence electrons. The van der Waals surface area contributed by atoms with Gasteiger partial charge in [0.25, 0.3) is 5.91 Å². The number of carbonyl (C=O) groups is 2. The predicted molar refractivity (Wildman–Crippen MR) is 104 cm³/mol. The van der Waals surface area contributed by atoms with Gasteiger partial charge in [-0.3, -0.25) is 9.59 Å². The van der Waals surface area contributed by atoms with E-state index in [1.54, 1.807) is 0 Å². The van der Waals surface area contributed by atoms with Gasteiger partial charge < -0.3 is 19.7 Å². The summed E-state index contributed by atoms with van der Waals surface area (Å²) in [5.74, 6) is -0.454. The molecule has 2 aromatic carbocycles. The second kappa shape index (κ2) is 8.11. The predicted octanol–water partition coefficient (Wildman–Crippen LogP) is 2.78. The molecule has 6 nitrogen and oxygen atoms in total. The Morgan fingerprint density at radius 2 is 1.90 bits per heavy atom. The Morgan fingerprint density at radius 1 is 1.14 bits per heavy atom. The normalized spacial score (nSPS) is 21.0. The van der Waals surface area contributed by atoms with Crippen molar-refractivity contribution in [1.82, 2.24) is 10.2 Å². The summed E-state index contributed by atoms with van der Waals surface area (Å²) < 4.78 is 25.0. The van der Waals surface area contributed by atoms with Crippen LogP contribution in [0, 0.1) is 5.82 Å². The molecule has 2 aromatic rings. The zero-order valence-electron chi connectivity index (χ0n) is 16.1. The highest BCUT2D eigenvalue weighted by Gasteiger charge is 2.42. The standard InChI is InChI=1S/C22H23FN2O4/c1-28-20-10-7-14(11-18(20)23)22(27)25-13-17(29-16-5-3-2-4-6-16)12-19(25)21(26)24-15-8-9-15/h2-7,10-11,15,17,19H,8-9,12-13H2,1H3,(H,24,26). The third kappa shape index (κ3) is 4.34. The SMILES string of the molecule is COc1ccc(C(=O)N2CC(Oc3ccccc3)CC2C(=O)NC2CC2)cc1F. The summed E-state index contributed by atoms with van der Waals surface area (Å²) in [6.07, 6.45) is 1.98. The van der Waals surface area contributed by atoms with Crippen LogP contribution in [0.15, 0.2) is 48.5 Å². The Balaban J connectivity index is 1.54. The highest BCUT2D eigenvalue weighted by atomic mass is 19.1. The van der Waals surface area contributed by atoms with E-state index in [0.717, 1.165) is 18.9 Å². The molecule has 1 heterocycles. The van der Waals surface area contributed by atoms with E-state index in [-0.39, 0.29) is 35.9 Å². The molecule has 2 amide bonds. The van der Waals surface area contributed by atoms with Gasteiger partial charge in [0, 0.05) is 18.0 Å². The molecule has 1 aliphatic heterocycles. The van der Waals surface area contributed by atoms with Crippen LogP contribution in [0.5, 0.6) is 11.5 Å². The third-order valence-corrected chi connectivity index (χ3v) is 5.19. The minimum absolute atomic E-state index is 0.0660. The monoisotopic (exact) mass is 398 g/mol. The molecule has 0 spiro atoms. The van der Waals surface area contributed by atoms with Crippen molar-refractivity contribution in [2.45, 2.75) is 37.5 Å². The molecular formula is C22H23FN2O4. The lowest BCUT2D eigenvalue weighted by Crippen LogP contribution is -2.46. The van der Waals surface area contributed by atoms with Crippen molar-refractivity contribution in [3.63, 3.8) is 0 Å². The van der Waals surface area contributed by atoms with Crippen molar-refractivity contribution >= 4 is 11.8 Å². The summed E-state index contributed by atoms with van der Waals surface area (Å²) in [4.78, 5) is 27.3. The Morgan fingerprint density at radius 3 is 2.55 bits per heavy atom. The Labute approximate surface area is 168 Å². The largest absolute Gasteiger partial charge is 0.494 e. The smallest absolute Gasteiger partial charge is 0.254 e. The number of nitrogens with one attached hydrogen (secondary N) is 1. The number of amides is 2. The average molecular weight is 398 g/mol. The van der Waals surface area contributed by atoms with Crippen molar-refractivity contribution in [3.8, 4) is 11.5 Å². The molecule has 29 heavy (non-hydrogen) atoms. The van der Waals surface area contributed by atoms with Crippen molar-refractivity contribution < 1.29 is 23.5 Å². The molecule has 1 saturated heterocycles. The summed E-state index contributed by atoms with van der Waals surface area (Å²) in [5.41, 5.74) is 0.174. The van der Waals surface area contributed by atoms with Gasteiger partial charge in [-0.05, 0) is 43.2 Å². The van der Waals surface area contributed by atoms with Gasteiger partial charge in [0.15, 0.2) is 11.6 Å². The number of hydrogen-bond donors (Lipinski definition) is 1. The fourth-order valence-corrected chi connectivity index (χ4v) is 3.54. The summed E-state index contributed by atoms with van der Waals surface area (Å²) in [6, 6.07) is 12.9. The van der Waals surface area contributed by atoms with Crippen LogP contribution in [0.2, 0.25) is 0 Å². The number of methoxy groups -OCH3 is 1. The topological polar surface area (TPSA) is 67.9 Å². The van der Waals surface area contributed by atoms with Gasteiger partial charge in [-0.1, -0.05) is 18.2 Å². The van der Waals surface area contributed by atoms with Gasteiger partial charge in [-0.25, -0.2) is 4.39 Å². The van der Waals surface area contributed by atoms with E-state index in [4.69, 9.17) is 9.47 Å². The summed E-state index contributed by atoms with van der Waals surface area (Å²) in [5, 5.41) is 2.96. The van der Waals surface area contributed by atoms with Crippen molar-refractivity contribution in [2.24, 2.45) is 0 Å². The molecule has 0 aromatic heterocycles. The molecule has 2 aliphatic rings. The van der Waals surface area contributed by atoms with Crippen LogP contribution in [-0.4, -0.2) is 48.6 Å². The molecule has 7 heteroatoms. The van der Waals surface area contributed by atoms with E-state index in [1.165, 1.54) is 24.1 Å². The first-order valence-electron chi connectivity index (χ1n) is 9.71. The minimum atomic E-state index is -0.651. The summed E-state index contributed by atoms with van der Waals surface area (Å²) >= 11 is 0. The second-order valence-corrected chi connectivity index (χ2v) is 7.39. The van der Waals surface area contributed by atoms with E-state index < -0.39 is 17.8 Å². The maximum atomic E-state index is 14.1. The van der Waals surface area contributed by atoms with Gasteiger partial charge in [0.2, 0.25) is 5.91 Å². The Hall–Kier alpha value is -3.09. The maximum Gasteiger partial charge on any atom is 0.254 e. The molecule has 2 atom stereocenters. The molecule has 0 bridgehead atoms. The van der Waals surface area contributed by atoms with Crippen molar-refractivity contribution in [1.29, 1.82) is 0 Å². The van der Waals surface area contributed by atoms with E-state index >= 15 is 0 Å². The lowest BCUT2D eigenvalue weighted by atomic mass is 10.1. The van der Waals surface area contributed by atoms with Crippen LogP contribution < -0.4 is 14.8 Å². The number of hydrogen-bond acceptors (Lipinski definition) is 4. The third-order valence-electron chi connectivity index (χ3n) is 5.19. The molecular weight excluding hydrogens is 375 g/mol. The molecule has 1 N–H and O–H groups in total. The lowest BCUT2D eigenvalue weighted by Gasteiger charge is -2.23. The van der Waals surface area contributed by atoms with Gasteiger partial charge in [0.05, 0.1) is 13.7 Å². The fourth-order valence-electron chi connectivity index (χ4n) is 3.54. The molecule has 1 saturated carbocycles. The number of likely N-dealkylation sites (tertiary alicyclic amines) is 1. The molecule has 2 fully saturated rings. The first kappa shape index (κ1) is 19.2. The minimum Gasteiger partial charge on any atom is -0.494 e. The van der Waals surface area contributed by atoms with Crippen LogP contribution in [-0.2, 0) is 4.79 Å². The van der Waals surface area contributed by atoms with Crippen LogP contribution >= 0.6 is 0 Å². The van der Waals surface area contributed by atoms with E-state index in [1.807, 2.05) is 30.3 Å². The zero-order valence-corrected chi connectivity index (χ0v) is 16.1. The number of benzene rings is 2. The number of carbonyl (C=O) groups excluding carboxylic acids is 2. The molecule has 0 radical (unpaired) electrons. The number of halogens is 1. The summed E-state index contributed by atoms with van der Waals surface area (Å²) in [7, 11) is 1.37. The molecule has 4 rings (SSSR count). The number of rotatable bonds is 6. The summed E-state index contributed by atoms with van der Waals surface area (Å²) in [6.45, 7) is 0.254. The Kier molecular flexibility index (Phi) is 5.38. The first-order valence-corrected chi connectivity index (χ1v) is 9.71. The highest BCUT2D eigenvalue weighted by molar-refractivity contribution is 5.98. The number of nitrogens with zero attached hydrogens (tertiary/aromatic N) is 1. The Bertz CT molecular complexity index is 901. The van der Waals surface area contributed by atoms with Crippen molar-refractivity contribution in [2.75, 3.05) is 13.7 Å². The second-order valence-electron chi connectivity index (χ2n) is 7.39.